The van der Waals surface area contributed by atoms with Crippen molar-refractivity contribution in [2.24, 2.45) is 15.7 Å². The highest BCUT2D eigenvalue weighted by atomic mass is 16.2. The maximum absolute atomic E-state index is 11.0. The Labute approximate surface area is 62.7 Å². The Hall–Kier alpha value is -1.65. The highest BCUT2D eigenvalue weighted by Gasteiger charge is 2.27. The van der Waals surface area contributed by atoms with Crippen molar-refractivity contribution in [3.63, 3.8) is 0 Å². The van der Waals surface area contributed by atoms with Crippen LogP contribution in [-0.2, 0) is 4.79 Å². The van der Waals surface area contributed by atoms with Crippen LogP contribution in [0.25, 0.3) is 0 Å². The van der Waals surface area contributed by atoms with E-state index in [9.17, 15) is 4.79 Å². The summed E-state index contributed by atoms with van der Waals surface area (Å²) in [6, 6.07) is -0.260. The number of rotatable bonds is 0. The molecule has 0 spiro atoms. The van der Waals surface area contributed by atoms with Crippen LogP contribution in [0.2, 0.25) is 0 Å². The van der Waals surface area contributed by atoms with E-state index in [1.807, 2.05) is 0 Å². The van der Waals surface area contributed by atoms with Gasteiger partial charge >= 0.3 is 0 Å². The van der Waals surface area contributed by atoms with Gasteiger partial charge in [0.15, 0.2) is 0 Å². The van der Waals surface area contributed by atoms with Gasteiger partial charge in [-0.15, -0.1) is 0 Å². The van der Waals surface area contributed by atoms with Gasteiger partial charge in [-0.1, -0.05) is 0 Å². The van der Waals surface area contributed by atoms with Gasteiger partial charge in [0.1, 0.15) is 23.9 Å². The van der Waals surface area contributed by atoms with Gasteiger partial charge in [0.05, 0.1) is 0 Å². The fourth-order valence-electron chi connectivity index (χ4n) is 1.04. The van der Waals surface area contributed by atoms with Crippen molar-refractivity contribution in [2.45, 2.75) is 6.04 Å². The topological polar surface area (TPSA) is 79.8 Å². The van der Waals surface area contributed by atoms with E-state index in [0.717, 1.165) is 0 Å². The third-order valence-corrected chi connectivity index (χ3v) is 1.53. The molecule has 0 bridgehead atoms. The lowest BCUT2D eigenvalue weighted by atomic mass is 10.1. The van der Waals surface area contributed by atoms with E-state index in [1.54, 1.807) is 6.08 Å². The van der Waals surface area contributed by atoms with Crippen LogP contribution in [0.15, 0.2) is 21.9 Å². The number of nitrogens with two attached hydrogens (primary N) is 1. The number of nitrogens with zero attached hydrogens (tertiary/aromatic N) is 2. The number of carbonyl (C=O) groups is 1. The number of fused-ring (bicyclic) bond motifs is 1. The first-order valence-corrected chi connectivity index (χ1v) is 3.15. The lowest BCUT2D eigenvalue weighted by Crippen LogP contribution is -2.42. The van der Waals surface area contributed by atoms with Crippen LogP contribution >= 0.6 is 0 Å². The van der Waals surface area contributed by atoms with Crippen molar-refractivity contribution in [3.8, 4) is 0 Å². The van der Waals surface area contributed by atoms with Gasteiger partial charge in [0.25, 0.3) is 5.91 Å². The summed E-state index contributed by atoms with van der Waals surface area (Å²) in [6.45, 7) is 0. The molecule has 1 unspecified atom stereocenters. The van der Waals surface area contributed by atoms with E-state index in [4.69, 9.17) is 5.73 Å². The summed E-state index contributed by atoms with van der Waals surface area (Å²) in [7, 11) is 0. The molecule has 0 saturated carbocycles. The summed E-state index contributed by atoms with van der Waals surface area (Å²) in [5, 5.41) is 2.44. The second kappa shape index (κ2) is 1.91. The fraction of sp³-hybridized carbons (Fsp3) is 0.167. The van der Waals surface area contributed by atoms with Gasteiger partial charge in [-0.3, -0.25) is 9.79 Å². The summed E-state index contributed by atoms with van der Waals surface area (Å²) in [5.41, 5.74) is 5.80. The van der Waals surface area contributed by atoms with Crippen molar-refractivity contribution in [3.05, 3.63) is 11.9 Å². The molecule has 0 saturated heterocycles. The molecule has 0 aromatic rings. The number of amides is 1. The van der Waals surface area contributed by atoms with E-state index in [2.05, 4.69) is 15.3 Å². The largest absolute Gasteiger partial charge is 0.385 e. The Morgan fingerprint density at radius 1 is 1.64 bits per heavy atom. The van der Waals surface area contributed by atoms with Gasteiger partial charge in [0.2, 0.25) is 0 Å². The lowest BCUT2D eigenvalue weighted by molar-refractivity contribution is -0.114. The molecular formula is C6H6N4O. The predicted molar refractivity (Wildman–Crippen MR) is 40.1 cm³/mol. The van der Waals surface area contributed by atoms with Crippen molar-refractivity contribution < 1.29 is 4.79 Å². The van der Waals surface area contributed by atoms with Gasteiger partial charge in [0, 0.05) is 0 Å². The molecular weight excluding hydrogens is 144 g/mol. The Bertz CT molecular complexity index is 302. The fourth-order valence-corrected chi connectivity index (χ4v) is 1.04. The van der Waals surface area contributed by atoms with E-state index in [0.29, 0.717) is 11.5 Å². The third-order valence-electron chi connectivity index (χ3n) is 1.53. The molecule has 2 aliphatic rings. The second-order valence-corrected chi connectivity index (χ2v) is 2.30. The number of hydrogen-bond donors (Lipinski definition) is 2. The van der Waals surface area contributed by atoms with Crippen LogP contribution in [0.4, 0.5) is 0 Å². The molecule has 1 amide bonds. The highest BCUT2D eigenvalue weighted by Crippen LogP contribution is 2.08. The zero-order valence-corrected chi connectivity index (χ0v) is 5.61. The summed E-state index contributed by atoms with van der Waals surface area (Å²) >= 11 is 0. The third kappa shape index (κ3) is 0.813. The molecule has 1 atom stereocenters. The van der Waals surface area contributed by atoms with Gasteiger partial charge in [-0.05, 0) is 6.08 Å². The minimum Gasteiger partial charge on any atom is -0.385 e. The number of carbonyl (C=O) groups excluding carboxylic acids is 1. The molecule has 5 heteroatoms. The molecule has 0 fully saturated rings. The van der Waals surface area contributed by atoms with Gasteiger partial charge in [-0.25, -0.2) is 4.99 Å². The van der Waals surface area contributed by atoms with Crippen LogP contribution in [0.5, 0.6) is 0 Å². The van der Waals surface area contributed by atoms with Crippen LogP contribution < -0.4 is 11.1 Å². The summed E-state index contributed by atoms with van der Waals surface area (Å²) in [4.78, 5) is 18.7. The highest BCUT2D eigenvalue weighted by molar-refractivity contribution is 6.44. The van der Waals surface area contributed by atoms with Crippen LogP contribution in [0.1, 0.15) is 0 Å². The first kappa shape index (κ1) is 6.09. The Morgan fingerprint density at radius 3 is 3.27 bits per heavy atom. The minimum absolute atomic E-state index is 0.257. The molecule has 2 rings (SSSR count). The normalized spacial score (nSPS) is 27.3. The zero-order valence-electron chi connectivity index (χ0n) is 5.61. The monoisotopic (exact) mass is 150 g/mol. The molecule has 0 aromatic heterocycles. The smallest absolute Gasteiger partial charge is 0.273 e. The first-order chi connectivity index (χ1) is 5.27. The molecule has 0 aromatic carbocycles. The van der Waals surface area contributed by atoms with E-state index < -0.39 is 0 Å². The molecule has 11 heavy (non-hydrogen) atoms. The maximum atomic E-state index is 11.0. The summed E-state index contributed by atoms with van der Waals surface area (Å²) in [6.07, 6.45) is 3.03. The second-order valence-electron chi connectivity index (χ2n) is 2.30. The summed E-state index contributed by atoms with van der Waals surface area (Å²) in [5.74, 6) is 0.0884. The molecule has 56 valence electrons. The first-order valence-electron chi connectivity index (χ1n) is 3.15. The Morgan fingerprint density at radius 2 is 2.45 bits per heavy atom. The predicted octanol–water partition coefficient (Wildman–Crippen LogP) is -1.23. The Balaban J connectivity index is 2.42. The SMILES string of the molecule is NC1=CC2N=CN=C2C(=O)N1. The van der Waals surface area contributed by atoms with Crippen molar-refractivity contribution >= 4 is 18.0 Å². The van der Waals surface area contributed by atoms with Gasteiger partial charge in [-0.2, -0.15) is 0 Å². The van der Waals surface area contributed by atoms with E-state index in [1.165, 1.54) is 6.34 Å². The number of nitrogens with one attached hydrogen (secondary N) is 1. The van der Waals surface area contributed by atoms with Crippen molar-refractivity contribution in [1.29, 1.82) is 0 Å². The molecule has 0 radical (unpaired) electrons. The minimum atomic E-state index is -0.260. The molecule has 2 heterocycles. The van der Waals surface area contributed by atoms with E-state index >= 15 is 0 Å². The number of hydrogen-bond acceptors (Lipinski definition) is 4. The lowest BCUT2D eigenvalue weighted by Gasteiger charge is -2.14. The average Bonchev–Trinajstić information content (AvgIpc) is 2.34. The molecule has 3 N–H and O–H groups in total. The van der Waals surface area contributed by atoms with E-state index in [-0.39, 0.29) is 11.9 Å². The van der Waals surface area contributed by atoms with Crippen LogP contribution in [-0.4, -0.2) is 24.0 Å². The quantitative estimate of drug-likeness (QED) is 0.453. The molecule has 5 nitrogen and oxygen atoms in total. The zero-order chi connectivity index (χ0) is 7.84. The van der Waals surface area contributed by atoms with Crippen molar-refractivity contribution in [1.82, 2.24) is 5.32 Å². The van der Waals surface area contributed by atoms with Crippen molar-refractivity contribution in [2.75, 3.05) is 0 Å². The number of aliphatic imine (C=N–C) groups is 2. The standard InChI is InChI=1S/C6H6N4O/c7-4-1-3-5(6(11)10-4)9-2-8-3/h1-3H,7H2,(H,10,11). The molecule has 2 aliphatic heterocycles. The average molecular weight is 150 g/mol. The van der Waals surface area contributed by atoms with Crippen LogP contribution in [0.3, 0.4) is 0 Å². The maximum Gasteiger partial charge on any atom is 0.273 e. The summed E-state index contributed by atoms with van der Waals surface area (Å²) < 4.78 is 0. The molecule has 0 aliphatic carbocycles. The Kier molecular flexibility index (Phi) is 1.06. The van der Waals surface area contributed by atoms with Gasteiger partial charge < -0.3 is 11.1 Å². The van der Waals surface area contributed by atoms with Crippen LogP contribution in [0, 0.1) is 0 Å².